The second-order valence-electron chi connectivity index (χ2n) is 6.71. The Morgan fingerprint density at radius 1 is 1.07 bits per heavy atom. The van der Waals surface area contributed by atoms with E-state index in [4.69, 9.17) is 9.47 Å². The van der Waals surface area contributed by atoms with Crippen LogP contribution in [-0.4, -0.2) is 51.6 Å². The molecule has 9 heteroatoms. The summed E-state index contributed by atoms with van der Waals surface area (Å²) in [6.45, 7) is 2.00. The van der Waals surface area contributed by atoms with Crippen LogP contribution in [-0.2, 0) is 19.4 Å². The second kappa shape index (κ2) is 11.1. The molecule has 0 spiro atoms. The number of rotatable bonds is 10. The van der Waals surface area contributed by atoms with Crippen molar-refractivity contribution in [2.24, 2.45) is 0 Å². The summed E-state index contributed by atoms with van der Waals surface area (Å²) < 4.78 is 34.4. The highest BCUT2D eigenvalue weighted by Crippen LogP contribution is 2.17. The van der Waals surface area contributed by atoms with Crippen molar-refractivity contribution < 1.29 is 27.5 Å². The SMILES string of the molecule is Cc1ccccc1OCCOC(=O)C(CCS(C)(=O)=O)NC(=O)c1ccccc1Br. The third-order valence-corrected chi connectivity index (χ3v) is 5.83. The molecule has 1 unspecified atom stereocenters. The molecular formula is C21H24BrNO6S. The molecule has 0 aliphatic rings. The van der Waals surface area contributed by atoms with Gasteiger partial charge in [-0.15, -0.1) is 0 Å². The van der Waals surface area contributed by atoms with E-state index < -0.39 is 27.8 Å². The fraction of sp³-hybridized carbons (Fsp3) is 0.333. The van der Waals surface area contributed by atoms with Crippen LogP contribution >= 0.6 is 15.9 Å². The van der Waals surface area contributed by atoms with Gasteiger partial charge in [-0.05, 0) is 53.0 Å². The van der Waals surface area contributed by atoms with Gasteiger partial charge >= 0.3 is 5.97 Å². The van der Waals surface area contributed by atoms with Crippen molar-refractivity contribution in [3.05, 3.63) is 64.1 Å². The number of ether oxygens (including phenoxy) is 2. The minimum Gasteiger partial charge on any atom is -0.490 e. The molecule has 0 saturated carbocycles. The van der Waals surface area contributed by atoms with Crippen LogP contribution in [0.4, 0.5) is 0 Å². The van der Waals surface area contributed by atoms with E-state index in [-0.39, 0.29) is 25.4 Å². The Kier molecular flexibility index (Phi) is 8.86. The molecule has 30 heavy (non-hydrogen) atoms. The van der Waals surface area contributed by atoms with Crippen LogP contribution in [0, 0.1) is 6.92 Å². The van der Waals surface area contributed by atoms with Crippen molar-refractivity contribution in [3.63, 3.8) is 0 Å². The molecular weight excluding hydrogens is 474 g/mol. The van der Waals surface area contributed by atoms with Crippen LogP contribution in [0.3, 0.4) is 0 Å². The van der Waals surface area contributed by atoms with E-state index >= 15 is 0 Å². The van der Waals surface area contributed by atoms with Crippen molar-refractivity contribution in [1.29, 1.82) is 0 Å². The molecule has 1 N–H and O–H groups in total. The Labute approximate surface area is 184 Å². The fourth-order valence-corrected chi connectivity index (χ4v) is 3.70. The molecule has 0 radical (unpaired) electrons. The number of nitrogens with one attached hydrogen (secondary N) is 1. The molecule has 0 aliphatic carbocycles. The minimum absolute atomic E-state index is 0.0343. The number of carbonyl (C=O) groups excluding carboxylic acids is 2. The maximum atomic E-state index is 12.5. The van der Waals surface area contributed by atoms with Gasteiger partial charge in [0.05, 0.1) is 11.3 Å². The molecule has 2 aromatic rings. The highest BCUT2D eigenvalue weighted by molar-refractivity contribution is 9.10. The van der Waals surface area contributed by atoms with Crippen molar-refractivity contribution in [1.82, 2.24) is 5.32 Å². The van der Waals surface area contributed by atoms with Gasteiger partial charge < -0.3 is 14.8 Å². The van der Waals surface area contributed by atoms with Crippen molar-refractivity contribution in [2.75, 3.05) is 25.2 Å². The molecule has 0 saturated heterocycles. The van der Waals surface area contributed by atoms with E-state index in [1.54, 1.807) is 24.3 Å². The minimum atomic E-state index is -3.32. The second-order valence-corrected chi connectivity index (χ2v) is 9.82. The van der Waals surface area contributed by atoms with E-state index in [0.717, 1.165) is 11.8 Å². The zero-order valence-electron chi connectivity index (χ0n) is 16.8. The first-order valence-corrected chi connectivity index (χ1v) is 12.1. The van der Waals surface area contributed by atoms with Gasteiger partial charge in [0.25, 0.3) is 5.91 Å². The number of carbonyl (C=O) groups is 2. The maximum absolute atomic E-state index is 12.5. The molecule has 162 valence electrons. The molecule has 1 atom stereocenters. The maximum Gasteiger partial charge on any atom is 0.328 e. The van der Waals surface area contributed by atoms with E-state index in [9.17, 15) is 18.0 Å². The van der Waals surface area contributed by atoms with Crippen molar-refractivity contribution >= 4 is 37.6 Å². The van der Waals surface area contributed by atoms with Gasteiger partial charge in [-0.2, -0.15) is 0 Å². The molecule has 0 bridgehead atoms. The Balaban J connectivity index is 1.97. The molecule has 2 aromatic carbocycles. The molecule has 0 heterocycles. The highest BCUT2D eigenvalue weighted by atomic mass is 79.9. The lowest BCUT2D eigenvalue weighted by molar-refractivity contribution is -0.146. The third kappa shape index (κ3) is 7.79. The van der Waals surface area contributed by atoms with E-state index in [1.165, 1.54) is 0 Å². The van der Waals surface area contributed by atoms with Crippen LogP contribution in [0.25, 0.3) is 0 Å². The predicted octanol–water partition coefficient (Wildman–Crippen LogP) is 2.91. The van der Waals surface area contributed by atoms with Gasteiger partial charge in [-0.3, -0.25) is 4.79 Å². The van der Waals surface area contributed by atoms with Crippen molar-refractivity contribution in [2.45, 2.75) is 19.4 Å². The molecule has 0 aliphatic heterocycles. The van der Waals surface area contributed by atoms with Gasteiger partial charge in [-0.25, -0.2) is 13.2 Å². The quantitative estimate of drug-likeness (QED) is 0.400. The molecule has 1 amide bonds. The zero-order chi connectivity index (χ0) is 22.1. The van der Waals surface area contributed by atoms with Gasteiger partial charge in [0.15, 0.2) is 0 Å². The molecule has 7 nitrogen and oxygen atoms in total. The summed E-state index contributed by atoms with van der Waals surface area (Å²) in [7, 11) is -3.32. The Bertz CT molecular complexity index is 992. The average molecular weight is 498 g/mol. The third-order valence-electron chi connectivity index (χ3n) is 4.16. The standard InChI is InChI=1S/C21H24BrNO6S/c1-15-7-3-6-10-19(15)28-12-13-29-21(25)18(11-14-30(2,26)27)23-20(24)16-8-4-5-9-17(16)22/h3-10,18H,11-14H2,1-2H3,(H,23,24). The first-order valence-electron chi connectivity index (χ1n) is 9.25. The number of para-hydroxylation sites is 1. The number of amides is 1. The number of benzene rings is 2. The summed E-state index contributed by atoms with van der Waals surface area (Å²) in [4.78, 5) is 25.0. The first kappa shape index (κ1) is 23.9. The normalized spacial score (nSPS) is 12.1. The highest BCUT2D eigenvalue weighted by Gasteiger charge is 2.25. The lowest BCUT2D eigenvalue weighted by Gasteiger charge is -2.18. The zero-order valence-corrected chi connectivity index (χ0v) is 19.2. The lowest BCUT2D eigenvalue weighted by atomic mass is 10.1. The Hall–Kier alpha value is -2.39. The summed E-state index contributed by atoms with van der Waals surface area (Å²) in [5, 5.41) is 2.57. The summed E-state index contributed by atoms with van der Waals surface area (Å²) >= 11 is 3.28. The van der Waals surface area contributed by atoms with E-state index in [2.05, 4.69) is 21.2 Å². The van der Waals surface area contributed by atoms with Gasteiger partial charge in [0.1, 0.15) is 34.8 Å². The number of sulfone groups is 1. The number of hydrogen-bond acceptors (Lipinski definition) is 6. The van der Waals surface area contributed by atoms with E-state index in [0.29, 0.717) is 15.8 Å². The summed E-state index contributed by atoms with van der Waals surface area (Å²) in [6, 6.07) is 13.1. The number of halogens is 1. The number of hydrogen-bond donors (Lipinski definition) is 1. The average Bonchev–Trinajstić information content (AvgIpc) is 2.69. The van der Waals surface area contributed by atoms with Crippen LogP contribution in [0.2, 0.25) is 0 Å². The van der Waals surface area contributed by atoms with Crippen LogP contribution < -0.4 is 10.1 Å². The first-order chi connectivity index (χ1) is 14.2. The fourth-order valence-electron chi connectivity index (χ4n) is 2.58. The van der Waals surface area contributed by atoms with Gasteiger partial charge in [0, 0.05) is 10.7 Å². The van der Waals surface area contributed by atoms with E-state index in [1.807, 2.05) is 31.2 Å². The van der Waals surface area contributed by atoms with Gasteiger partial charge in [-0.1, -0.05) is 30.3 Å². The number of esters is 1. The number of aryl methyl sites for hydroxylation is 1. The van der Waals surface area contributed by atoms with Crippen molar-refractivity contribution in [3.8, 4) is 5.75 Å². The molecule has 0 aromatic heterocycles. The van der Waals surface area contributed by atoms with Crippen LogP contribution in [0.1, 0.15) is 22.3 Å². The summed E-state index contributed by atoms with van der Waals surface area (Å²) in [6.07, 6.45) is 0.980. The monoisotopic (exact) mass is 497 g/mol. The lowest BCUT2D eigenvalue weighted by Crippen LogP contribution is -2.43. The molecule has 0 fully saturated rings. The van der Waals surface area contributed by atoms with Crippen LogP contribution in [0.15, 0.2) is 53.0 Å². The van der Waals surface area contributed by atoms with Crippen LogP contribution in [0.5, 0.6) is 5.75 Å². The van der Waals surface area contributed by atoms with Gasteiger partial charge in [0.2, 0.25) is 0 Å². The smallest absolute Gasteiger partial charge is 0.328 e. The summed E-state index contributed by atoms with van der Waals surface area (Å²) in [5.74, 6) is -0.797. The predicted molar refractivity (Wildman–Crippen MR) is 117 cm³/mol. The summed E-state index contributed by atoms with van der Waals surface area (Å²) in [5.41, 5.74) is 1.29. The largest absolute Gasteiger partial charge is 0.490 e. The Morgan fingerprint density at radius 2 is 1.73 bits per heavy atom. The topological polar surface area (TPSA) is 98.8 Å². The molecule has 2 rings (SSSR count). The Morgan fingerprint density at radius 3 is 2.40 bits per heavy atom.